The van der Waals surface area contributed by atoms with Crippen molar-refractivity contribution >= 4 is 68.3 Å². The number of aromatic amines is 2. The Labute approximate surface area is 635 Å². The van der Waals surface area contributed by atoms with Gasteiger partial charge in [0.05, 0.1) is 81.3 Å². The molecule has 8 heterocycles. The number of alkyl carbamates (subject to hydrolysis) is 2. The van der Waals surface area contributed by atoms with Gasteiger partial charge in [-0.05, 0) is 196 Å². The molecule has 22 nitrogen and oxygen atoms in total. The van der Waals surface area contributed by atoms with Crippen LogP contribution in [0.1, 0.15) is 125 Å². The number of methoxy groups -OCH3 is 4. The summed E-state index contributed by atoms with van der Waals surface area (Å²) in [4.78, 5) is 82.5. The number of halogens is 4. The van der Waals surface area contributed by atoms with Crippen molar-refractivity contribution < 1.29 is 74.6 Å². The lowest BCUT2D eigenvalue weighted by Crippen LogP contribution is -2.53. The van der Waals surface area contributed by atoms with E-state index in [1.807, 2.05) is 58.2 Å². The molecule has 4 amide bonds. The zero-order chi connectivity index (χ0) is 76.8. The zero-order valence-corrected chi connectivity index (χ0v) is 63.1. The fraction of sp³-hybridized carbons (Fsp3) is 0.476. The van der Waals surface area contributed by atoms with Gasteiger partial charge >= 0.3 is 25.4 Å². The molecule has 0 radical (unpaired) electrons. The molecule has 0 unspecified atom stereocenters. The minimum absolute atomic E-state index is 0.0838. The molecule has 110 heavy (non-hydrogen) atoms. The molecular formula is C84H94F4N10O12. The van der Waals surface area contributed by atoms with Crippen molar-refractivity contribution in [2.45, 2.75) is 148 Å². The Bertz CT molecular complexity index is 4870. The van der Waals surface area contributed by atoms with Gasteiger partial charge in [0.1, 0.15) is 48.4 Å². The number of imidazole rings is 2. The van der Waals surface area contributed by atoms with Crippen LogP contribution in [0.15, 0.2) is 107 Å². The van der Waals surface area contributed by atoms with Gasteiger partial charge in [0.2, 0.25) is 11.8 Å². The SMILES string of the molecule is COC[C@@H]1CC[C@H](c2ncc(-c3ccc4c(c3)COc3cc5c6c(ccc5cc3-4)N=C([C@H]3CC[C@@H](COC(F)F)C3)C6)[nH]2)C1.COC[C@H]1C[C@@H](c2ncc(-c3ccc4c(c3)COc3cc5c6c(ccc5cc3-4)N=C([C@@H]3C[C@H](COC(F)F)CN3C(=O)[C@@H](NC(=O)OC)C(C)C)C6)[nH]2)N(C(=O)[C@@H](NC(=O)OC)C(C)C)C1. The van der Waals surface area contributed by atoms with Crippen LogP contribution in [0.4, 0.5) is 38.5 Å². The van der Waals surface area contributed by atoms with Crippen LogP contribution in [0.5, 0.6) is 11.5 Å². The number of hydrogen-bond donors (Lipinski definition) is 4. The van der Waals surface area contributed by atoms with E-state index in [4.69, 9.17) is 53.1 Å². The van der Waals surface area contributed by atoms with E-state index in [0.29, 0.717) is 69.2 Å². The molecule has 8 aromatic rings. The van der Waals surface area contributed by atoms with E-state index in [1.54, 1.807) is 30.2 Å². The maximum atomic E-state index is 14.1. The summed E-state index contributed by atoms with van der Waals surface area (Å²) >= 11 is 0. The van der Waals surface area contributed by atoms with Crippen LogP contribution in [0, 0.1) is 41.4 Å². The number of aliphatic imine (C=N–C) groups is 2. The average molecular weight is 1510 g/mol. The van der Waals surface area contributed by atoms with E-state index >= 15 is 0 Å². The Kier molecular flexibility index (Phi) is 22.2. The molecule has 26 heteroatoms. The summed E-state index contributed by atoms with van der Waals surface area (Å²) in [6.07, 6.45) is 10.8. The number of nitrogens with zero attached hydrogens (tertiary/aromatic N) is 6. The van der Waals surface area contributed by atoms with Crippen LogP contribution in [0.3, 0.4) is 0 Å². The number of likely N-dealkylation sites (tertiary alicyclic amines) is 2. The molecule has 0 bridgehead atoms. The monoisotopic (exact) mass is 1510 g/mol. The number of nitrogens with one attached hydrogen (secondary N) is 4. The van der Waals surface area contributed by atoms with E-state index in [-0.39, 0.29) is 67.2 Å². The number of carbonyl (C=O) groups is 4. The molecular weight excluding hydrogens is 1420 g/mol. The quantitative estimate of drug-likeness (QED) is 0.0461. The van der Waals surface area contributed by atoms with Crippen molar-refractivity contribution in [3.05, 3.63) is 131 Å². The standard InChI is InChI=1S/C48H57F2N7O9.C36H37F2N3O3/c1-24(2)41(54-47(60)63-6)44(58)56-20-27(22-66-46(49)50)12-38(56)36-16-33-32-17-40-34(15-28(32)9-11-35(33)52-36)31-10-8-29(14-30(31)23-65-40)37-18-51-43(53-37)39-13-26(21-62-5)19-57(39)45(59)42(25(3)4)55-48(61)64-7;1-42-17-20-3-5-25(11-20)35-39-16-33(41-35)24-6-8-27-26(12-24)19-43-34-15-28-22(13-30(27)34)7-9-31-29(28)14-32(40-31)23-4-2-21(10-23)18-44-36(37)38/h8-11,14-15,17-18,24-27,38-39,41-42,46H,12-13,16,19-23H2,1-7H3,(H,51,53)(H,54,60)(H,55,61);6-9,12-13,15-16,20-21,23,25,36H,2-5,10-11,14,17-19H2,1H3,(H,39,41)/t26-,27-,38-,39-,41-,42-;20-,21-,23+,25+/m01/s1. The van der Waals surface area contributed by atoms with Crippen LogP contribution >= 0.6 is 0 Å². The number of hydrogen-bond acceptors (Lipinski definition) is 16. The van der Waals surface area contributed by atoms with Crippen LogP contribution in [-0.4, -0.2) is 164 Å². The molecule has 16 rings (SSSR count). The molecule has 6 aromatic carbocycles. The van der Waals surface area contributed by atoms with Crippen LogP contribution in [0.25, 0.3) is 66.3 Å². The number of ether oxygens (including phenoxy) is 8. The van der Waals surface area contributed by atoms with Gasteiger partial charge in [-0.3, -0.25) is 19.6 Å². The fourth-order valence-corrected chi connectivity index (χ4v) is 18.0. The third-order valence-electron chi connectivity index (χ3n) is 23.5. The van der Waals surface area contributed by atoms with Crippen molar-refractivity contribution in [1.82, 2.24) is 40.4 Å². The van der Waals surface area contributed by atoms with E-state index < -0.39 is 43.5 Å². The number of aromatic nitrogens is 4. The summed E-state index contributed by atoms with van der Waals surface area (Å²) in [5, 5.41) is 9.66. The lowest BCUT2D eigenvalue weighted by atomic mass is 9.90. The second kappa shape index (κ2) is 32.3. The molecule has 8 aliphatic rings. The first-order valence-electron chi connectivity index (χ1n) is 38.2. The van der Waals surface area contributed by atoms with E-state index in [1.165, 1.54) is 53.8 Å². The first-order valence-corrected chi connectivity index (χ1v) is 38.2. The van der Waals surface area contributed by atoms with E-state index in [9.17, 15) is 36.7 Å². The van der Waals surface area contributed by atoms with Gasteiger partial charge < -0.3 is 68.3 Å². The third-order valence-corrected chi connectivity index (χ3v) is 23.5. The first-order chi connectivity index (χ1) is 53.2. The van der Waals surface area contributed by atoms with Gasteiger partial charge in [-0.2, -0.15) is 17.6 Å². The number of benzene rings is 6. The largest absolute Gasteiger partial charge is 0.488 e. The molecule has 4 N–H and O–H groups in total. The highest BCUT2D eigenvalue weighted by Crippen LogP contribution is 2.49. The molecule has 580 valence electrons. The maximum absolute atomic E-state index is 14.1. The van der Waals surface area contributed by atoms with Gasteiger partial charge in [-0.15, -0.1) is 0 Å². The van der Waals surface area contributed by atoms with Crippen molar-refractivity contribution in [2.24, 2.45) is 51.4 Å². The molecule has 0 spiro atoms. The first kappa shape index (κ1) is 75.6. The summed E-state index contributed by atoms with van der Waals surface area (Å²) in [6.45, 7) is 4.45. The van der Waals surface area contributed by atoms with E-state index in [0.717, 1.165) is 141 Å². The van der Waals surface area contributed by atoms with E-state index in [2.05, 4.69) is 86.0 Å². The second-order valence-electron chi connectivity index (χ2n) is 31.3. The van der Waals surface area contributed by atoms with Gasteiger partial charge in [0, 0.05) is 87.1 Å². The highest BCUT2D eigenvalue weighted by atomic mass is 19.3. The van der Waals surface area contributed by atoms with Crippen LogP contribution in [-0.2, 0) is 64.1 Å². The predicted octanol–water partition coefficient (Wildman–Crippen LogP) is 15.8. The van der Waals surface area contributed by atoms with Crippen LogP contribution in [0.2, 0.25) is 0 Å². The zero-order valence-electron chi connectivity index (χ0n) is 63.1. The summed E-state index contributed by atoms with van der Waals surface area (Å²) in [7, 11) is 5.92. The minimum Gasteiger partial charge on any atom is -0.488 e. The maximum Gasteiger partial charge on any atom is 0.407 e. The highest BCUT2D eigenvalue weighted by Gasteiger charge is 2.45. The number of H-pyrrole nitrogens is 2. The summed E-state index contributed by atoms with van der Waals surface area (Å²) in [5.74, 6) is 3.67. The molecule has 2 aromatic heterocycles. The molecule has 2 saturated heterocycles. The summed E-state index contributed by atoms with van der Waals surface area (Å²) in [6, 6.07) is 27.2. The molecule has 2 saturated carbocycles. The van der Waals surface area contributed by atoms with Crippen molar-refractivity contribution in [2.75, 3.05) is 68.0 Å². The highest BCUT2D eigenvalue weighted by molar-refractivity contribution is 6.07. The minimum atomic E-state index is -2.93. The van der Waals surface area contributed by atoms with Crippen molar-refractivity contribution in [3.8, 4) is 56.3 Å². The Morgan fingerprint density at radius 2 is 0.982 bits per heavy atom. The molecule has 10 atom stereocenters. The Morgan fingerprint density at radius 3 is 1.52 bits per heavy atom. The molecule has 6 aliphatic heterocycles. The lowest BCUT2D eigenvalue weighted by molar-refractivity contribution is -0.139. The number of alkyl halides is 4. The Balaban J connectivity index is 0.000000188. The summed E-state index contributed by atoms with van der Waals surface area (Å²) in [5.41, 5.74) is 16.2. The molecule has 4 fully saturated rings. The summed E-state index contributed by atoms with van der Waals surface area (Å²) < 4.78 is 93.9. The van der Waals surface area contributed by atoms with Gasteiger partial charge in [-0.1, -0.05) is 64.1 Å². The predicted molar refractivity (Wildman–Crippen MR) is 407 cm³/mol. The third kappa shape index (κ3) is 15.6. The molecule has 2 aliphatic carbocycles. The second-order valence-corrected chi connectivity index (χ2v) is 31.3. The number of fused-ring (bicyclic) bond motifs is 12. The number of carbonyl (C=O) groups excluding carboxylic acids is 4. The number of rotatable bonds is 22. The smallest absolute Gasteiger partial charge is 0.407 e. The fourth-order valence-electron chi connectivity index (χ4n) is 18.0. The Morgan fingerprint density at radius 1 is 0.518 bits per heavy atom. The van der Waals surface area contributed by atoms with Crippen molar-refractivity contribution in [1.29, 1.82) is 0 Å². The average Bonchev–Trinajstić information content (AvgIpc) is 1.41. The Hall–Kier alpha value is -9.76. The van der Waals surface area contributed by atoms with Gasteiger partial charge in [-0.25, -0.2) is 19.6 Å². The lowest BCUT2D eigenvalue weighted by Gasteiger charge is -2.31. The van der Waals surface area contributed by atoms with Gasteiger partial charge in [0.25, 0.3) is 0 Å². The topological polar surface area (TPSA) is 255 Å². The number of amides is 4. The van der Waals surface area contributed by atoms with Crippen molar-refractivity contribution in [3.63, 3.8) is 0 Å². The van der Waals surface area contributed by atoms with Gasteiger partial charge in [0.15, 0.2) is 0 Å². The van der Waals surface area contributed by atoms with Crippen LogP contribution < -0.4 is 20.1 Å². The normalized spacial score (nSPS) is 22.0.